The predicted octanol–water partition coefficient (Wildman–Crippen LogP) is 2.68. The molecule has 0 radical (unpaired) electrons. The molecule has 3 nitrogen and oxygen atoms in total. The van der Waals surface area contributed by atoms with Crippen molar-refractivity contribution in [2.24, 2.45) is 0 Å². The quantitative estimate of drug-likeness (QED) is 0.418. The normalized spacial score (nSPS) is 30.5. The summed E-state index contributed by atoms with van der Waals surface area (Å²) in [7, 11) is 0. The molecule has 0 spiro atoms. The number of ether oxygens (including phenoxy) is 1. The van der Waals surface area contributed by atoms with E-state index in [-0.39, 0.29) is 0 Å². The molecule has 0 aromatic heterocycles. The zero-order chi connectivity index (χ0) is 13.9. The van der Waals surface area contributed by atoms with Gasteiger partial charge in [0, 0.05) is 0 Å². The first kappa shape index (κ1) is 14.2. The van der Waals surface area contributed by atoms with Crippen LogP contribution in [0.25, 0.3) is 0 Å². The van der Waals surface area contributed by atoms with Gasteiger partial charge < -0.3 is 0 Å². The Kier molecular flexibility index (Phi) is 2.81. The highest BCUT2D eigenvalue weighted by Gasteiger charge is 2.85. The highest BCUT2D eigenvalue weighted by atomic mass is 19.4. The third-order valence-electron chi connectivity index (χ3n) is 1.64. The standard InChI is InChI=1S/C4F10N2O/c5-1(6)3(9,10)17-4(11,12)2(7,8)15(1)16(13)14. The molecule has 1 heterocycles. The van der Waals surface area contributed by atoms with Gasteiger partial charge in [0.05, 0.1) is 0 Å². The van der Waals surface area contributed by atoms with E-state index in [0.29, 0.717) is 0 Å². The van der Waals surface area contributed by atoms with Crippen LogP contribution < -0.4 is 0 Å². The topological polar surface area (TPSA) is 15.7 Å². The molecule has 17 heavy (non-hydrogen) atoms. The Morgan fingerprint density at radius 3 is 1.24 bits per heavy atom. The van der Waals surface area contributed by atoms with Crippen molar-refractivity contribution >= 4 is 0 Å². The molecule has 0 N–H and O–H groups in total. The van der Waals surface area contributed by atoms with E-state index in [4.69, 9.17) is 0 Å². The van der Waals surface area contributed by atoms with Crippen LogP contribution in [0.1, 0.15) is 0 Å². The zero-order valence-electron chi connectivity index (χ0n) is 7.08. The maximum atomic E-state index is 12.5. The molecular weight excluding hydrogens is 282 g/mol. The van der Waals surface area contributed by atoms with Crippen LogP contribution >= 0.6 is 0 Å². The molecule has 1 aliphatic heterocycles. The molecule has 1 saturated heterocycles. The Labute approximate surface area is 85.0 Å². The number of nitrogens with zero attached hydrogens (tertiary/aromatic N) is 2. The minimum atomic E-state index is -6.37. The van der Waals surface area contributed by atoms with Gasteiger partial charge in [0.25, 0.3) is 0 Å². The van der Waals surface area contributed by atoms with E-state index in [1.807, 2.05) is 4.74 Å². The highest BCUT2D eigenvalue weighted by Crippen LogP contribution is 2.56. The van der Waals surface area contributed by atoms with Crippen molar-refractivity contribution in [3.05, 3.63) is 0 Å². The lowest BCUT2D eigenvalue weighted by Crippen LogP contribution is -2.75. The van der Waals surface area contributed by atoms with E-state index in [2.05, 4.69) is 0 Å². The molecule has 102 valence electrons. The van der Waals surface area contributed by atoms with Gasteiger partial charge in [0.1, 0.15) is 5.45 Å². The third kappa shape index (κ3) is 1.72. The van der Waals surface area contributed by atoms with E-state index in [0.717, 1.165) is 0 Å². The van der Waals surface area contributed by atoms with Gasteiger partial charge in [-0.05, 0) is 5.01 Å². The number of morpholine rings is 1. The van der Waals surface area contributed by atoms with Gasteiger partial charge in [-0.15, -0.1) is 0 Å². The van der Waals surface area contributed by atoms with Crippen LogP contribution in [0.2, 0.25) is 0 Å². The van der Waals surface area contributed by atoms with Gasteiger partial charge in [0.2, 0.25) is 0 Å². The Hall–Kier alpha value is -0.820. The Balaban J connectivity index is 3.38. The summed E-state index contributed by atoms with van der Waals surface area (Å²) < 4.78 is 124. The van der Waals surface area contributed by atoms with Crippen molar-refractivity contribution in [2.45, 2.75) is 24.3 Å². The highest BCUT2D eigenvalue weighted by molar-refractivity contribution is 4.91. The second-order valence-corrected chi connectivity index (χ2v) is 2.74. The van der Waals surface area contributed by atoms with Crippen molar-refractivity contribution in [1.29, 1.82) is 0 Å². The number of alkyl halides is 8. The second-order valence-electron chi connectivity index (χ2n) is 2.74. The largest absolute Gasteiger partial charge is 0.441 e. The minimum Gasteiger partial charge on any atom is -0.243 e. The number of rotatable bonds is 1. The second kappa shape index (κ2) is 3.35. The lowest BCUT2D eigenvalue weighted by Gasteiger charge is -2.45. The molecule has 0 saturated carbocycles. The molecule has 13 heteroatoms. The predicted molar refractivity (Wildman–Crippen MR) is 26.8 cm³/mol. The summed E-state index contributed by atoms with van der Waals surface area (Å²) in [6.45, 7) is 0. The van der Waals surface area contributed by atoms with E-state index in [1.165, 1.54) is 0 Å². The average Bonchev–Trinajstić information content (AvgIpc) is 1.96. The molecule has 0 amide bonds. The molecule has 0 aromatic carbocycles. The molecule has 1 fully saturated rings. The first-order chi connectivity index (χ1) is 7.27. The van der Waals surface area contributed by atoms with Gasteiger partial charge in [0.15, 0.2) is 0 Å². The summed E-state index contributed by atoms with van der Waals surface area (Å²) in [5.74, 6) is 0. The van der Waals surface area contributed by atoms with Crippen LogP contribution in [0, 0.1) is 0 Å². The van der Waals surface area contributed by atoms with Crippen molar-refractivity contribution in [3.8, 4) is 0 Å². The monoisotopic (exact) mass is 282 g/mol. The van der Waals surface area contributed by atoms with Crippen LogP contribution in [0.3, 0.4) is 0 Å². The molecular formula is C4F10N2O. The van der Waals surface area contributed by atoms with E-state index in [1.54, 1.807) is 0 Å². The maximum absolute atomic E-state index is 12.5. The lowest BCUT2D eigenvalue weighted by molar-refractivity contribution is -0.613. The van der Waals surface area contributed by atoms with Crippen molar-refractivity contribution < 1.29 is 48.8 Å². The molecule has 0 aliphatic carbocycles. The SMILES string of the molecule is FN(F)N1C(F)(F)C(F)(F)OC(F)(F)C1(F)F. The van der Waals surface area contributed by atoms with Crippen molar-refractivity contribution in [2.75, 3.05) is 0 Å². The molecule has 1 rings (SSSR count). The number of hydrogen-bond donors (Lipinski definition) is 0. The zero-order valence-corrected chi connectivity index (χ0v) is 7.08. The first-order valence-corrected chi connectivity index (χ1v) is 3.41. The van der Waals surface area contributed by atoms with Crippen LogP contribution in [0.15, 0.2) is 0 Å². The Bertz CT molecular complexity index is 289. The summed E-state index contributed by atoms with van der Waals surface area (Å²) in [6, 6.07) is -12.7. The van der Waals surface area contributed by atoms with Gasteiger partial charge in [-0.1, -0.05) is 8.96 Å². The number of hydrazine groups is 1. The Morgan fingerprint density at radius 2 is 1.00 bits per heavy atom. The summed E-state index contributed by atoms with van der Waals surface area (Å²) in [5.41, 5.74) is -3.26. The maximum Gasteiger partial charge on any atom is 0.441 e. The van der Waals surface area contributed by atoms with Crippen molar-refractivity contribution in [1.82, 2.24) is 10.5 Å². The molecule has 0 unspecified atom stereocenters. The number of hydrogen-bond acceptors (Lipinski definition) is 3. The average molecular weight is 282 g/mol. The van der Waals surface area contributed by atoms with E-state index in [9.17, 15) is 44.1 Å². The fourth-order valence-electron chi connectivity index (χ4n) is 0.897. The fraction of sp³-hybridized carbons (Fsp3) is 1.00. The van der Waals surface area contributed by atoms with Crippen LogP contribution in [0.5, 0.6) is 0 Å². The fourth-order valence-corrected chi connectivity index (χ4v) is 0.897. The summed E-state index contributed by atoms with van der Waals surface area (Å²) in [5, 5.41) is -3.05. The minimum absolute atomic E-state index is 1.90. The summed E-state index contributed by atoms with van der Waals surface area (Å²) in [4.78, 5) is 0. The van der Waals surface area contributed by atoms with Gasteiger partial charge >= 0.3 is 24.3 Å². The molecule has 0 aromatic rings. The molecule has 0 atom stereocenters. The van der Waals surface area contributed by atoms with Crippen LogP contribution in [-0.4, -0.2) is 34.8 Å². The van der Waals surface area contributed by atoms with Gasteiger partial charge in [-0.25, -0.2) is 4.74 Å². The summed E-state index contributed by atoms with van der Waals surface area (Å²) >= 11 is 0. The molecule has 1 aliphatic rings. The van der Waals surface area contributed by atoms with Crippen molar-refractivity contribution in [3.63, 3.8) is 0 Å². The first-order valence-electron chi connectivity index (χ1n) is 3.41. The summed E-state index contributed by atoms with van der Waals surface area (Å²) in [6.07, 6.45) is -12.5. The van der Waals surface area contributed by atoms with E-state index >= 15 is 0 Å². The molecule has 0 bridgehead atoms. The van der Waals surface area contributed by atoms with Gasteiger partial charge in [-0.2, -0.15) is 35.1 Å². The smallest absolute Gasteiger partial charge is 0.243 e. The number of halogens is 10. The van der Waals surface area contributed by atoms with Crippen LogP contribution in [-0.2, 0) is 4.74 Å². The third-order valence-corrected chi connectivity index (χ3v) is 1.64. The van der Waals surface area contributed by atoms with Crippen LogP contribution in [0.4, 0.5) is 44.1 Å². The Morgan fingerprint density at radius 1 is 0.706 bits per heavy atom. The lowest BCUT2D eigenvalue weighted by atomic mass is 10.3. The van der Waals surface area contributed by atoms with Gasteiger partial charge in [-0.3, -0.25) is 0 Å². The van der Waals surface area contributed by atoms with E-state index < -0.39 is 34.8 Å².